The van der Waals surface area contributed by atoms with Gasteiger partial charge in [-0.15, -0.1) is 0 Å². The number of carbonyl (C=O) groups is 1. The van der Waals surface area contributed by atoms with Crippen molar-refractivity contribution in [1.29, 1.82) is 5.26 Å². The van der Waals surface area contributed by atoms with E-state index in [2.05, 4.69) is 0 Å². The third kappa shape index (κ3) is 3.55. The number of nitriles is 1. The summed E-state index contributed by atoms with van der Waals surface area (Å²) in [6.07, 6.45) is -0.0139. The number of nitrogens with zero attached hydrogens (tertiary/aromatic N) is 2. The van der Waals surface area contributed by atoms with Gasteiger partial charge in [-0.05, 0) is 0 Å². The van der Waals surface area contributed by atoms with Gasteiger partial charge < -0.3 is 9.64 Å². The molecule has 62 valence electrons. The average Bonchev–Trinajstić information content (AvgIpc) is 2.07. The van der Waals surface area contributed by atoms with E-state index < -0.39 is 0 Å². The summed E-state index contributed by atoms with van der Waals surface area (Å²) in [5.74, 6) is -0.0872. The van der Waals surface area contributed by atoms with Crippen molar-refractivity contribution >= 4 is 35.5 Å². The van der Waals surface area contributed by atoms with Crippen molar-refractivity contribution in [3.8, 4) is 6.07 Å². The van der Waals surface area contributed by atoms with E-state index in [0.717, 1.165) is 0 Å². The molecule has 0 saturated carbocycles. The molecule has 1 fully saturated rings. The summed E-state index contributed by atoms with van der Waals surface area (Å²) in [5.41, 5.74) is 0. The number of hydrogen-bond donors (Lipinski definition) is 0. The van der Waals surface area contributed by atoms with Crippen LogP contribution in [0.5, 0.6) is 0 Å². The summed E-state index contributed by atoms with van der Waals surface area (Å²) in [6.45, 7) is 2.44. The molecular weight excluding hydrogens is 167 g/mol. The molecule has 0 spiro atoms. The van der Waals surface area contributed by atoms with Crippen LogP contribution in [0.3, 0.4) is 0 Å². The third-order valence-electron chi connectivity index (χ3n) is 1.59. The summed E-state index contributed by atoms with van der Waals surface area (Å²) in [4.78, 5) is 12.7. The fraction of sp³-hybridized carbons (Fsp3) is 0.714. The van der Waals surface area contributed by atoms with Gasteiger partial charge in [0.1, 0.15) is 6.42 Å². The molecule has 0 atom stereocenters. The predicted molar refractivity (Wildman–Crippen MR) is 44.8 cm³/mol. The fourth-order valence-electron chi connectivity index (χ4n) is 0.992. The Morgan fingerprint density at radius 1 is 1.50 bits per heavy atom. The van der Waals surface area contributed by atoms with E-state index in [1.54, 1.807) is 4.90 Å². The second-order valence-electron chi connectivity index (χ2n) is 2.33. The van der Waals surface area contributed by atoms with E-state index >= 15 is 0 Å². The molecule has 0 aromatic heterocycles. The molecule has 4 nitrogen and oxygen atoms in total. The Balaban J connectivity index is 0.00000121. The van der Waals surface area contributed by atoms with Gasteiger partial charge in [0.2, 0.25) is 5.91 Å². The molecule has 1 amide bonds. The molecule has 0 aromatic rings. The predicted octanol–water partition coefficient (Wildman–Crippen LogP) is -0.890. The normalized spacial score (nSPS) is 16.1. The zero-order chi connectivity index (χ0) is 8.10. The van der Waals surface area contributed by atoms with Gasteiger partial charge in [0.05, 0.1) is 19.3 Å². The maximum atomic E-state index is 11.0. The van der Waals surface area contributed by atoms with Crippen LogP contribution in [0, 0.1) is 11.3 Å². The Kier molecular flexibility index (Phi) is 6.39. The van der Waals surface area contributed by atoms with Crippen LogP contribution in [-0.4, -0.2) is 66.7 Å². The molecule has 0 unspecified atom stereocenters. The van der Waals surface area contributed by atoms with Gasteiger partial charge >= 0.3 is 29.6 Å². The number of hydrogen-bond acceptors (Lipinski definition) is 3. The first kappa shape index (κ1) is 11.9. The van der Waals surface area contributed by atoms with Gasteiger partial charge in [0, 0.05) is 13.1 Å². The first-order valence-electron chi connectivity index (χ1n) is 3.57. The first-order chi connectivity index (χ1) is 5.34. The van der Waals surface area contributed by atoms with Crippen molar-refractivity contribution in [3.63, 3.8) is 0 Å². The molecule has 1 heterocycles. The van der Waals surface area contributed by atoms with E-state index in [1.807, 2.05) is 6.07 Å². The fourth-order valence-corrected chi connectivity index (χ4v) is 0.992. The van der Waals surface area contributed by atoms with Crippen LogP contribution in [0.25, 0.3) is 0 Å². The summed E-state index contributed by atoms with van der Waals surface area (Å²) in [5, 5.41) is 8.24. The van der Waals surface area contributed by atoms with Crippen LogP contribution in [0.1, 0.15) is 6.42 Å². The molecule has 0 aliphatic carbocycles. The van der Waals surface area contributed by atoms with Crippen molar-refractivity contribution in [1.82, 2.24) is 4.90 Å². The van der Waals surface area contributed by atoms with E-state index in [0.29, 0.717) is 26.3 Å². The minimum atomic E-state index is -0.0872. The molecule has 1 saturated heterocycles. The molecule has 0 radical (unpaired) electrons. The molecule has 0 aromatic carbocycles. The molecule has 5 heteroatoms. The monoisotopic (exact) mass is 178 g/mol. The second kappa shape index (κ2) is 6.44. The maximum absolute atomic E-state index is 11.0. The van der Waals surface area contributed by atoms with Gasteiger partial charge in [-0.25, -0.2) is 0 Å². The van der Waals surface area contributed by atoms with Crippen LogP contribution in [0.4, 0.5) is 0 Å². The van der Waals surface area contributed by atoms with E-state index in [1.165, 1.54) is 0 Å². The SMILES string of the molecule is N#CCC(=O)N1CCOCC1.[NaH]. The Hall–Kier alpha value is -0.0800. The topological polar surface area (TPSA) is 53.3 Å². The van der Waals surface area contributed by atoms with Crippen molar-refractivity contribution in [2.24, 2.45) is 0 Å². The van der Waals surface area contributed by atoms with E-state index in [-0.39, 0.29) is 41.9 Å². The Morgan fingerprint density at radius 3 is 2.58 bits per heavy atom. The van der Waals surface area contributed by atoms with Crippen LogP contribution < -0.4 is 0 Å². The van der Waals surface area contributed by atoms with Gasteiger partial charge in [-0.2, -0.15) is 5.26 Å². The van der Waals surface area contributed by atoms with Crippen LogP contribution >= 0.6 is 0 Å². The second-order valence-corrected chi connectivity index (χ2v) is 2.33. The average molecular weight is 178 g/mol. The number of amides is 1. The van der Waals surface area contributed by atoms with Gasteiger partial charge in [-0.3, -0.25) is 4.79 Å². The molecule has 0 N–H and O–H groups in total. The van der Waals surface area contributed by atoms with Crippen LogP contribution in [-0.2, 0) is 9.53 Å². The van der Waals surface area contributed by atoms with Crippen molar-refractivity contribution in [2.45, 2.75) is 6.42 Å². The van der Waals surface area contributed by atoms with E-state index in [4.69, 9.17) is 10.00 Å². The van der Waals surface area contributed by atoms with Crippen molar-refractivity contribution in [3.05, 3.63) is 0 Å². The number of ether oxygens (including phenoxy) is 1. The standard InChI is InChI=1S/C7H10N2O2.Na.H/c8-2-1-7(10)9-3-5-11-6-4-9;;/h1,3-6H2;;. The number of carbonyl (C=O) groups excluding carboxylic acids is 1. The zero-order valence-electron chi connectivity index (χ0n) is 6.25. The molecule has 0 bridgehead atoms. The van der Waals surface area contributed by atoms with E-state index in [9.17, 15) is 4.79 Å². The Bertz CT molecular complexity index is 184. The summed E-state index contributed by atoms with van der Waals surface area (Å²) >= 11 is 0. The van der Waals surface area contributed by atoms with Crippen molar-refractivity contribution < 1.29 is 9.53 Å². The van der Waals surface area contributed by atoms with Crippen LogP contribution in [0.15, 0.2) is 0 Å². The summed E-state index contributed by atoms with van der Waals surface area (Å²) in [6, 6.07) is 1.83. The quantitative estimate of drug-likeness (QED) is 0.489. The van der Waals surface area contributed by atoms with Crippen molar-refractivity contribution in [2.75, 3.05) is 26.3 Å². The number of morpholine rings is 1. The first-order valence-corrected chi connectivity index (χ1v) is 3.57. The zero-order valence-corrected chi connectivity index (χ0v) is 6.25. The number of rotatable bonds is 1. The molecule has 1 aliphatic rings. The Morgan fingerprint density at radius 2 is 2.08 bits per heavy atom. The van der Waals surface area contributed by atoms with Gasteiger partial charge in [-0.1, -0.05) is 0 Å². The van der Waals surface area contributed by atoms with Gasteiger partial charge in [0.25, 0.3) is 0 Å². The Labute approximate surface area is 93.8 Å². The van der Waals surface area contributed by atoms with Crippen LogP contribution in [0.2, 0.25) is 0 Å². The minimum absolute atomic E-state index is 0. The molecule has 12 heavy (non-hydrogen) atoms. The molecule has 1 aliphatic heterocycles. The summed E-state index contributed by atoms with van der Waals surface area (Å²) in [7, 11) is 0. The third-order valence-corrected chi connectivity index (χ3v) is 1.59. The molecular formula is C7H11N2NaO2. The van der Waals surface area contributed by atoms with Gasteiger partial charge in [0.15, 0.2) is 0 Å². The molecule has 1 rings (SSSR count). The summed E-state index contributed by atoms with van der Waals surface area (Å²) < 4.78 is 5.05.